The minimum Gasteiger partial charge on any atom is -0.497 e. The molecular formula is C24H24N2O4S. The van der Waals surface area contributed by atoms with Gasteiger partial charge in [-0.15, -0.1) is 11.3 Å². The van der Waals surface area contributed by atoms with E-state index in [-0.39, 0.29) is 29.8 Å². The molecule has 4 rings (SSSR count). The number of carbonyl (C=O) groups is 2. The molecule has 1 aliphatic rings. The molecule has 0 aliphatic heterocycles. The summed E-state index contributed by atoms with van der Waals surface area (Å²) in [6.07, 6.45) is 0.849. The molecule has 0 unspecified atom stereocenters. The van der Waals surface area contributed by atoms with Crippen LogP contribution in [0.1, 0.15) is 37.9 Å². The van der Waals surface area contributed by atoms with E-state index in [1.807, 2.05) is 18.2 Å². The molecule has 6 nitrogen and oxygen atoms in total. The summed E-state index contributed by atoms with van der Waals surface area (Å²) < 4.78 is 5.10. The fourth-order valence-electron chi connectivity index (χ4n) is 3.73. The number of nitrogens with one attached hydrogen (secondary N) is 2. The molecule has 1 aromatic heterocycles. The molecule has 1 heterocycles. The predicted molar refractivity (Wildman–Crippen MR) is 121 cm³/mol. The first-order valence-corrected chi connectivity index (χ1v) is 10.9. The Morgan fingerprint density at radius 2 is 1.81 bits per heavy atom. The Balaban J connectivity index is 1.33. The summed E-state index contributed by atoms with van der Waals surface area (Å²) in [6.45, 7) is 0.438. The summed E-state index contributed by atoms with van der Waals surface area (Å²) in [6, 6.07) is 20.3. The van der Waals surface area contributed by atoms with Gasteiger partial charge in [0.1, 0.15) is 5.75 Å². The minimum atomic E-state index is -0.306. The molecule has 7 heteroatoms. The summed E-state index contributed by atoms with van der Waals surface area (Å²) >= 11 is 1.22. The van der Waals surface area contributed by atoms with Gasteiger partial charge in [0.2, 0.25) is 0 Å². The Morgan fingerprint density at radius 3 is 2.48 bits per heavy atom. The van der Waals surface area contributed by atoms with E-state index in [1.165, 1.54) is 16.9 Å². The van der Waals surface area contributed by atoms with Crippen molar-refractivity contribution in [2.75, 3.05) is 25.6 Å². The second-order valence-electron chi connectivity index (χ2n) is 7.72. The van der Waals surface area contributed by atoms with Crippen molar-refractivity contribution in [3.8, 4) is 5.75 Å². The fourth-order valence-corrected chi connectivity index (χ4v) is 4.55. The predicted octanol–water partition coefficient (Wildman–Crippen LogP) is 3.91. The lowest BCUT2D eigenvalue weighted by molar-refractivity contribution is 0.0937. The number of rotatable bonds is 8. The summed E-state index contributed by atoms with van der Waals surface area (Å²) in [5, 5.41) is 16.3. The third kappa shape index (κ3) is 4.62. The Labute approximate surface area is 184 Å². The Kier molecular flexibility index (Phi) is 6.06. The summed E-state index contributed by atoms with van der Waals surface area (Å²) in [5.74, 6) is 0.472. The molecule has 160 valence electrons. The zero-order valence-corrected chi connectivity index (χ0v) is 17.9. The zero-order chi connectivity index (χ0) is 21.8. The molecule has 1 fully saturated rings. The van der Waals surface area contributed by atoms with Gasteiger partial charge < -0.3 is 20.5 Å². The van der Waals surface area contributed by atoms with Gasteiger partial charge in [-0.05, 0) is 54.3 Å². The van der Waals surface area contributed by atoms with E-state index in [9.17, 15) is 14.7 Å². The van der Waals surface area contributed by atoms with E-state index in [4.69, 9.17) is 4.74 Å². The molecule has 1 saturated carbocycles. The van der Waals surface area contributed by atoms with Crippen molar-refractivity contribution < 1.29 is 19.4 Å². The van der Waals surface area contributed by atoms with E-state index in [2.05, 4.69) is 22.8 Å². The van der Waals surface area contributed by atoms with Gasteiger partial charge in [-0.3, -0.25) is 9.59 Å². The number of carbonyl (C=O) groups excluding carboxylic acids is 2. The van der Waals surface area contributed by atoms with Crippen molar-refractivity contribution in [3.05, 3.63) is 82.7 Å². The van der Waals surface area contributed by atoms with Crippen LogP contribution in [0.3, 0.4) is 0 Å². The SMILES string of the molecule is COc1ccc(C(=O)Nc2ccc(C(=O)NC[C@@]3(CO)C[C@@H]3c3ccccc3)s2)cc1. The van der Waals surface area contributed by atoms with Crippen molar-refractivity contribution in [1.29, 1.82) is 0 Å². The second kappa shape index (κ2) is 8.91. The van der Waals surface area contributed by atoms with Gasteiger partial charge in [0, 0.05) is 17.5 Å². The van der Waals surface area contributed by atoms with Gasteiger partial charge >= 0.3 is 0 Å². The van der Waals surface area contributed by atoms with E-state index in [1.54, 1.807) is 43.5 Å². The number of anilines is 1. The average molecular weight is 437 g/mol. The molecule has 0 radical (unpaired) electrons. The van der Waals surface area contributed by atoms with Gasteiger partial charge in [0.15, 0.2) is 0 Å². The number of thiophene rings is 1. The number of hydrogen-bond donors (Lipinski definition) is 3. The van der Waals surface area contributed by atoms with Gasteiger partial charge in [-0.2, -0.15) is 0 Å². The molecule has 2 atom stereocenters. The van der Waals surface area contributed by atoms with Gasteiger partial charge in [0.25, 0.3) is 11.8 Å². The third-order valence-electron chi connectivity index (χ3n) is 5.73. The van der Waals surface area contributed by atoms with Crippen LogP contribution in [0.15, 0.2) is 66.7 Å². The maximum Gasteiger partial charge on any atom is 0.261 e. The number of amides is 2. The maximum absolute atomic E-state index is 12.6. The second-order valence-corrected chi connectivity index (χ2v) is 8.80. The minimum absolute atomic E-state index is 0.0282. The quantitative estimate of drug-likeness (QED) is 0.500. The number of methoxy groups -OCH3 is 1. The van der Waals surface area contributed by atoms with Crippen LogP contribution in [0, 0.1) is 5.41 Å². The number of ether oxygens (including phenoxy) is 1. The number of hydrogen-bond acceptors (Lipinski definition) is 5. The van der Waals surface area contributed by atoms with Crippen LogP contribution in [0.2, 0.25) is 0 Å². The molecule has 0 bridgehead atoms. The first-order valence-electron chi connectivity index (χ1n) is 10.0. The smallest absolute Gasteiger partial charge is 0.261 e. The largest absolute Gasteiger partial charge is 0.497 e. The van der Waals surface area contributed by atoms with E-state index < -0.39 is 0 Å². The Morgan fingerprint density at radius 1 is 1.06 bits per heavy atom. The van der Waals surface area contributed by atoms with E-state index in [0.29, 0.717) is 27.7 Å². The van der Waals surface area contributed by atoms with Gasteiger partial charge in [-0.25, -0.2) is 0 Å². The van der Waals surface area contributed by atoms with Crippen LogP contribution in [-0.2, 0) is 0 Å². The normalized spacial score (nSPS) is 19.5. The number of aliphatic hydroxyl groups is 1. The standard InChI is InChI=1S/C24H24N2O4S/c1-30-18-9-7-17(8-10-18)22(28)26-21-12-11-20(31-21)23(29)25-14-24(15-27)13-19(24)16-5-3-2-4-6-16/h2-12,19,27H,13-15H2,1H3,(H,25,29)(H,26,28)/t19-,24-/m1/s1. The van der Waals surface area contributed by atoms with Crippen LogP contribution >= 0.6 is 11.3 Å². The van der Waals surface area contributed by atoms with Crippen LogP contribution in [0.5, 0.6) is 5.75 Å². The molecule has 31 heavy (non-hydrogen) atoms. The number of benzene rings is 2. The first kappa shape index (κ1) is 21.1. The highest BCUT2D eigenvalue weighted by Crippen LogP contribution is 2.58. The van der Waals surface area contributed by atoms with Crippen LogP contribution in [0.4, 0.5) is 5.00 Å². The number of aliphatic hydroxyl groups excluding tert-OH is 1. The summed E-state index contributed by atoms with van der Waals surface area (Å²) in [5.41, 5.74) is 1.39. The lowest BCUT2D eigenvalue weighted by Crippen LogP contribution is -2.32. The van der Waals surface area contributed by atoms with Crippen molar-refractivity contribution in [1.82, 2.24) is 5.32 Å². The van der Waals surface area contributed by atoms with Gasteiger partial charge in [0.05, 0.1) is 23.6 Å². The van der Waals surface area contributed by atoms with Crippen LogP contribution in [0.25, 0.3) is 0 Å². The van der Waals surface area contributed by atoms with Crippen LogP contribution < -0.4 is 15.4 Å². The molecule has 2 amide bonds. The van der Waals surface area contributed by atoms with Crippen molar-refractivity contribution >= 4 is 28.2 Å². The first-order chi connectivity index (χ1) is 15.0. The van der Waals surface area contributed by atoms with Crippen LogP contribution in [-0.4, -0.2) is 37.2 Å². The Bertz CT molecular complexity index is 1060. The molecule has 0 spiro atoms. The van der Waals surface area contributed by atoms with Crippen molar-refractivity contribution in [2.45, 2.75) is 12.3 Å². The monoisotopic (exact) mass is 436 g/mol. The highest BCUT2D eigenvalue weighted by Gasteiger charge is 2.54. The highest BCUT2D eigenvalue weighted by atomic mass is 32.1. The third-order valence-corrected chi connectivity index (χ3v) is 6.73. The van der Waals surface area contributed by atoms with Crippen molar-refractivity contribution in [2.24, 2.45) is 5.41 Å². The van der Waals surface area contributed by atoms with E-state index in [0.717, 1.165) is 6.42 Å². The maximum atomic E-state index is 12.6. The lowest BCUT2D eigenvalue weighted by atomic mass is 10.00. The van der Waals surface area contributed by atoms with Gasteiger partial charge in [-0.1, -0.05) is 30.3 Å². The zero-order valence-electron chi connectivity index (χ0n) is 17.1. The fraction of sp³-hybridized carbons (Fsp3) is 0.250. The molecule has 3 aromatic rings. The van der Waals surface area contributed by atoms with Crippen molar-refractivity contribution in [3.63, 3.8) is 0 Å². The molecule has 3 N–H and O–H groups in total. The summed E-state index contributed by atoms with van der Waals surface area (Å²) in [4.78, 5) is 25.5. The topological polar surface area (TPSA) is 87.7 Å². The van der Waals surface area contributed by atoms with E-state index >= 15 is 0 Å². The molecule has 0 saturated heterocycles. The summed E-state index contributed by atoms with van der Waals surface area (Å²) in [7, 11) is 1.57. The lowest BCUT2D eigenvalue weighted by Gasteiger charge is -2.15. The molecule has 2 aromatic carbocycles. The highest BCUT2D eigenvalue weighted by molar-refractivity contribution is 7.18. The Hall–Kier alpha value is -3.16. The molecular weight excluding hydrogens is 412 g/mol. The molecule has 1 aliphatic carbocycles. The average Bonchev–Trinajstić information content (AvgIpc) is 3.37.